The highest BCUT2D eigenvalue weighted by molar-refractivity contribution is 9.24. The maximum absolute atomic E-state index is 9.73. The van der Waals surface area contributed by atoms with Crippen molar-refractivity contribution in [3.63, 3.8) is 0 Å². The predicted molar refractivity (Wildman–Crippen MR) is 40.2 cm³/mol. The summed E-state index contributed by atoms with van der Waals surface area (Å²) in [6.07, 6.45) is -0.595. The number of hydrogen-bond acceptors (Lipinski definition) is 2. The van der Waals surface area contributed by atoms with Crippen LogP contribution in [0.15, 0.2) is 0 Å². The number of alkyl halides is 2. The van der Waals surface area contributed by atoms with Gasteiger partial charge in [-0.25, -0.2) is 4.79 Å². The van der Waals surface area contributed by atoms with Crippen LogP contribution in [-0.2, 0) is 4.74 Å². The normalized spacial score (nSPS) is 9.67. The Hall–Kier alpha value is 0.230. The summed E-state index contributed by atoms with van der Waals surface area (Å²) >= 11 is 6.34. The Labute approximate surface area is 69.6 Å². The molecule has 0 heterocycles. The summed E-state index contributed by atoms with van der Waals surface area (Å²) in [5.74, 6) is 0. The molecule has 0 unspecified atom stereocenters. The van der Waals surface area contributed by atoms with Gasteiger partial charge in [0.2, 0.25) is 0 Å². The Morgan fingerprint density at radius 1 is 1.67 bits per heavy atom. The number of carbonyl (C=O) groups is 1. The molecule has 0 atom stereocenters. The SMILES string of the molecule is O=C(O)OCCC(Br)Br. The van der Waals surface area contributed by atoms with Crippen LogP contribution in [0.3, 0.4) is 0 Å². The fourth-order valence-electron chi connectivity index (χ4n) is 0.235. The van der Waals surface area contributed by atoms with E-state index >= 15 is 0 Å². The first-order chi connectivity index (χ1) is 4.13. The van der Waals surface area contributed by atoms with Crippen molar-refractivity contribution in [1.82, 2.24) is 0 Å². The monoisotopic (exact) mass is 260 g/mol. The summed E-state index contributed by atoms with van der Waals surface area (Å²) in [6, 6.07) is 0. The van der Waals surface area contributed by atoms with Crippen LogP contribution < -0.4 is 0 Å². The standard InChI is InChI=1S/C4H6Br2O3/c5-3(6)1-2-9-4(7)8/h3H,1-2H2,(H,7,8). The van der Waals surface area contributed by atoms with Gasteiger partial charge in [0.1, 0.15) is 0 Å². The van der Waals surface area contributed by atoms with Crippen LogP contribution in [0.2, 0.25) is 0 Å². The van der Waals surface area contributed by atoms with Gasteiger partial charge in [-0.05, 0) is 0 Å². The van der Waals surface area contributed by atoms with Gasteiger partial charge in [0.25, 0.3) is 0 Å². The molecule has 9 heavy (non-hydrogen) atoms. The molecule has 0 bridgehead atoms. The van der Waals surface area contributed by atoms with E-state index in [2.05, 4.69) is 36.6 Å². The number of ether oxygens (including phenoxy) is 1. The van der Waals surface area contributed by atoms with Crippen molar-refractivity contribution in [2.75, 3.05) is 6.61 Å². The third-order valence-corrected chi connectivity index (χ3v) is 1.48. The lowest BCUT2D eigenvalue weighted by Crippen LogP contribution is -2.03. The van der Waals surface area contributed by atoms with Crippen molar-refractivity contribution >= 4 is 38.0 Å². The summed E-state index contributed by atoms with van der Waals surface area (Å²) in [5.41, 5.74) is 0. The predicted octanol–water partition coefficient (Wildman–Crippen LogP) is 2.19. The third-order valence-electron chi connectivity index (χ3n) is 0.562. The second kappa shape index (κ2) is 5.05. The van der Waals surface area contributed by atoms with Gasteiger partial charge in [0, 0.05) is 6.42 Å². The van der Waals surface area contributed by atoms with E-state index in [4.69, 9.17) is 5.11 Å². The molecule has 0 aliphatic carbocycles. The zero-order valence-corrected chi connectivity index (χ0v) is 7.68. The molecule has 54 valence electrons. The van der Waals surface area contributed by atoms with E-state index in [1.807, 2.05) is 0 Å². The van der Waals surface area contributed by atoms with Crippen LogP contribution in [0.5, 0.6) is 0 Å². The molecule has 0 rings (SSSR count). The van der Waals surface area contributed by atoms with E-state index in [-0.39, 0.29) is 10.3 Å². The number of halogens is 2. The largest absolute Gasteiger partial charge is 0.505 e. The van der Waals surface area contributed by atoms with Gasteiger partial charge in [0.05, 0.1) is 10.3 Å². The smallest absolute Gasteiger partial charge is 0.450 e. The fourth-order valence-corrected chi connectivity index (χ4v) is 0.609. The highest BCUT2D eigenvalue weighted by Crippen LogP contribution is 2.11. The molecule has 0 spiro atoms. The van der Waals surface area contributed by atoms with Gasteiger partial charge >= 0.3 is 6.16 Å². The molecule has 0 aromatic rings. The molecule has 0 aliphatic heterocycles. The van der Waals surface area contributed by atoms with Crippen molar-refractivity contribution in [2.45, 2.75) is 10.2 Å². The third kappa shape index (κ3) is 8.23. The van der Waals surface area contributed by atoms with Crippen LogP contribution in [0.25, 0.3) is 0 Å². The van der Waals surface area contributed by atoms with Crippen molar-refractivity contribution in [2.24, 2.45) is 0 Å². The summed E-state index contributed by atoms with van der Waals surface area (Å²) in [4.78, 5) is 9.73. The minimum Gasteiger partial charge on any atom is -0.450 e. The average Bonchev–Trinajstić information content (AvgIpc) is 1.63. The zero-order chi connectivity index (χ0) is 7.28. The van der Waals surface area contributed by atoms with E-state index in [1.165, 1.54) is 0 Å². The van der Waals surface area contributed by atoms with Crippen LogP contribution in [-0.4, -0.2) is 21.6 Å². The Morgan fingerprint density at radius 3 is 2.56 bits per heavy atom. The Balaban J connectivity index is 3.01. The minimum atomic E-state index is -1.23. The number of hydrogen-bond donors (Lipinski definition) is 1. The summed E-state index contributed by atoms with van der Waals surface area (Å²) in [6.45, 7) is 0.219. The molecule has 0 saturated heterocycles. The topological polar surface area (TPSA) is 46.5 Å². The summed E-state index contributed by atoms with van der Waals surface area (Å²) < 4.78 is 4.34. The highest BCUT2D eigenvalue weighted by atomic mass is 79.9. The first-order valence-corrected chi connectivity index (χ1v) is 4.10. The molecular weight excluding hydrogens is 256 g/mol. The second-order valence-electron chi connectivity index (χ2n) is 1.29. The van der Waals surface area contributed by atoms with Crippen LogP contribution >= 0.6 is 31.9 Å². The van der Waals surface area contributed by atoms with Crippen LogP contribution in [0.4, 0.5) is 4.79 Å². The molecular formula is C4H6Br2O3. The summed E-state index contributed by atoms with van der Waals surface area (Å²) in [7, 11) is 0. The van der Waals surface area contributed by atoms with E-state index < -0.39 is 6.16 Å². The van der Waals surface area contributed by atoms with Gasteiger partial charge in [0.15, 0.2) is 0 Å². The Morgan fingerprint density at radius 2 is 2.22 bits per heavy atom. The van der Waals surface area contributed by atoms with E-state index in [9.17, 15) is 4.79 Å². The van der Waals surface area contributed by atoms with E-state index in [0.717, 1.165) is 0 Å². The molecule has 0 saturated carbocycles. The number of carboxylic acid groups (broad SMARTS) is 1. The van der Waals surface area contributed by atoms with Crippen molar-refractivity contribution < 1.29 is 14.6 Å². The van der Waals surface area contributed by atoms with Crippen LogP contribution in [0.1, 0.15) is 6.42 Å². The molecule has 3 nitrogen and oxygen atoms in total. The first-order valence-electron chi connectivity index (χ1n) is 2.27. The van der Waals surface area contributed by atoms with Gasteiger partial charge in [-0.3, -0.25) is 0 Å². The molecule has 1 N–H and O–H groups in total. The summed E-state index contributed by atoms with van der Waals surface area (Å²) in [5, 5.41) is 7.97. The van der Waals surface area contributed by atoms with Crippen molar-refractivity contribution in [3.05, 3.63) is 0 Å². The lowest BCUT2D eigenvalue weighted by molar-refractivity contribution is 0.0918. The van der Waals surface area contributed by atoms with E-state index in [1.54, 1.807) is 0 Å². The molecule has 0 aromatic carbocycles. The molecule has 0 fully saturated rings. The van der Waals surface area contributed by atoms with Gasteiger partial charge in [-0.2, -0.15) is 0 Å². The molecule has 0 amide bonds. The highest BCUT2D eigenvalue weighted by Gasteiger charge is 1.99. The zero-order valence-electron chi connectivity index (χ0n) is 4.51. The lowest BCUT2D eigenvalue weighted by atomic mass is 10.5. The average molecular weight is 262 g/mol. The quantitative estimate of drug-likeness (QED) is 0.626. The lowest BCUT2D eigenvalue weighted by Gasteiger charge is -1.99. The molecule has 0 aromatic heterocycles. The molecule has 0 aliphatic rings. The fraction of sp³-hybridized carbons (Fsp3) is 0.750. The minimum absolute atomic E-state index is 0.129. The first kappa shape index (κ1) is 9.23. The molecule has 5 heteroatoms. The van der Waals surface area contributed by atoms with Gasteiger partial charge in [-0.1, -0.05) is 31.9 Å². The van der Waals surface area contributed by atoms with Gasteiger partial charge in [-0.15, -0.1) is 0 Å². The van der Waals surface area contributed by atoms with Gasteiger partial charge < -0.3 is 9.84 Å². The second-order valence-corrected chi connectivity index (χ2v) is 4.73. The maximum atomic E-state index is 9.73. The Kier molecular flexibility index (Phi) is 5.18. The Bertz CT molecular complexity index is 93.8. The van der Waals surface area contributed by atoms with Crippen molar-refractivity contribution in [1.29, 1.82) is 0 Å². The maximum Gasteiger partial charge on any atom is 0.505 e. The van der Waals surface area contributed by atoms with Crippen LogP contribution in [0, 0.1) is 0 Å². The number of rotatable bonds is 3. The van der Waals surface area contributed by atoms with Crippen molar-refractivity contribution in [3.8, 4) is 0 Å². The van der Waals surface area contributed by atoms with E-state index in [0.29, 0.717) is 6.42 Å². The molecule has 0 radical (unpaired) electrons.